The average Bonchev–Trinajstić information content (AvgIpc) is 2.42. The van der Waals surface area contributed by atoms with Crippen LogP contribution in [0.4, 0.5) is 20.3 Å². The summed E-state index contributed by atoms with van der Waals surface area (Å²) in [4.78, 5) is 15.3. The summed E-state index contributed by atoms with van der Waals surface area (Å²) in [5, 5.41) is 11.8. The van der Waals surface area contributed by atoms with Gasteiger partial charge in [-0.15, -0.1) is 0 Å². The van der Waals surface area contributed by atoms with E-state index in [2.05, 4.69) is 10.3 Å². The van der Waals surface area contributed by atoms with Crippen molar-refractivity contribution in [3.8, 4) is 0 Å². The molecule has 4 nitrogen and oxygen atoms in total. The molecule has 0 saturated heterocycles. The van der Waals surface area contributed by atoms with Crippen LogP contribution < -0.4 is 5.32 Å². The fourth-order valence-corrected chi connectivity index (χ4v) is 1.89. The maximum absolute atomic E-state index is 13.6. The van der Waals surface area contributed by atoms with E-state index in [4.69, 9.17) is 5.11 Å². The number of anilines is 2. The molecule has 0 amide bonds. The largest absolute Gasteiger partial charge is 0.478 e. The highest BCUT2D eigenvalue weighted by Gasteiger charge is 2.10. The number of carboxylic acid groups (broad SMARTS) is 1. The Morgan fingerprint density at radius 1 is 1.29 bits per heavy atom. The van der Waals surface area contributed by atoms with E-state index in [-0.39, 0.29) is 17.1 Å². The van der Waals surface area contributed by atoms with Gasteiger partial charge >= 0.3 is 5.97 Å². The zero-order chi connectivity index (χ0) is 15.4. The highest BCUT2D eigenvalue weighted by Crippen LogP contribution is 2.21. The molecule has 0 aliphatic carbocycles. The van der Waals surface area contributed by atoms with Gasteiger partial charge in [0.25, 0.3) is 0 Å². The number of hydrogen-bond donors (Lipinski definition) is 2. The molecule has 2 aromatic rings. The van der Waals surface area contributed by atoms with Gasteiger partial charge < -0.3 is 10.4 Å². The van der Waals surface area contributed by atoms with Gasteiger partial charge in [-0.25, -0.2) is 18.6 Å². The standard InChI is InChI=1S/C15H14F2N2O2/c1-2-3-11-6-9(15(20)21)7-14(18-11)19-13-5-4-10(16)8-12(13)17/h4-8H,2-3H2,1H3,(H,18,19)(H,20,21). The van der Waals surface area contributed by atoms with Crippen LogP contribution in [0.3, 0.4) is 0 Å². The van der Waals surface area contributed by atoms with Gasteiger partial charge in [-0.3, -0.25) is 0 Å². The number of carbonyl (C=O) groups is 1. The molecule has 0 fully saturated rings. The minimum atomic E-state index is -1.09. The molecular weight excluding hydrogens is 278 g/mol. The molecule has 1 heterocycles. The van der Waals surface area contributed by atoms with Crippen LogP contribution in [-0.2, 0) is 6.42 Å². The van der Waals surface area contributed by atoms with Crippen LogP contribution in [0.25, 0.3) is 0 Å². The van der Waals surface area contributed by atoms with Gasteiger partial charge in [0.2, 0.25) is 0 Å². The third-order valence-electron chi connectivity index (χ3n) is 2.83. The molecule has 0 spiro atoms. The highest BCUT2D eigenvalue weighted by atomic mass is 19.1. The van der Waals surface area contributed by atoms with Crippen LogP contribution in [0.1, 0.15) is 29.4 Å². The van der Waals surface area contributed by atoms with E-state index in [0.29, 0.717) is 12.1 Å². The fourth-order valence-electron chi connectivity index (χ4n) is 1.89. The quantitative estimate of drug-likeness (QED) is 0.881. The molecule has 6 heteroatoms. The van der Waals surface area contributed by atoms with Crippen LogP contribution in [0.5, 0.6) is 0 Å². The summed E-state index contributed by atoms with van der Waals surface area (Å²) in [6.45, 7) is 1.95. The maximum atomic E-state index is 13.6. The predicted molar refractivity (Wildman–Crippen MR) is 74.8 cm³/mol. The van der Waals surface area contributed by atoms with Crippen molar-refractivity contribution in [2.75, 3.05) is 5.32 Å². The SMILES string of the molecule is CCCc1cc(C(=O)O)cc(Nc2ccc(F)cc2F)n1. The first-order chi connectivity index (χ1) is 9.99. The zero-order valence-corrected chi connectivity index (χ0v) is 11.4. The Bertz CT molecular complexity index is 675. The minimum Gasteiger partial charge on any atom is -0.478 e. The molecule has 1 aromatic heterocycles. The molecule has 1 aromatic carbocycles. The third-order valence-corrected chi connectivity index (χ3v) is 2.83. The molecule has 0 atom stereocenters. The number of halogens is 2. The lowest BCUT2D eigenvalue weighted by molar-refractivity contribution is 0.0696. The van der Waals surface area contributed by atoms with Crippen molar-refractivity contribution in [3.05, 3.63) is 53.2 Å². The molecule has 0 aliphatic rings. The highest BCUT2D eigenvalue weighted by molar-refractivity contribution is 5.88. The number of benzene rings is 1. The maximum Gasteiger partial charge on any atom is 0.335 e. The van der Waals surface area contributed by atoms with E-state index in [0.717, 1.165) is 18.6 Å². The number of aromatic nitrogens is 1. The van der Waals surface area contributed by atoms with Gasteiger partial charge in [0.1, 0.15) is 17.5 Å². The summed E-state index contributed by atoms with van der Waals surface area (Å²) in [6.07, 6.45) is 1.42. The summed E-state index contributed by atoms with van der Waals surface area (Å²) in [5.41, 5.74) is 0.703. The van der Waals surface area contributed by atoms with Crippen molar-refractivity contribution in [1.82, 2.24) is 4.98 Å². The molecule has 2 N–H and O–H groups in total. The van der Waals surface area contributed by atoms with Crippen LogP contribution in [0.2, 0.25) is 0 Å². The Labute approximate surface area is 120 Å². The number of nitrogens with one attached hydrogen (secondary N) is 1. The number of aryl methyl sites for hydroxylation is 1. The van der Waals surface area contributed by atoms with Crippen molar-refractivity contribution in [2.24, 2.45) is 0 Å². The minimum absolute atomic E-state index is 0.0360. The fraction of sp³-hybridized carbons (Fsp3) is 0.200. The Morgan fingerprint density at radius 3 is 2.67 bits per heavy atom. The molecule has 0 unspecified atom stereocenters. The number of carboxylic acids is 1. The summed E-state index contributed by atoms with van der Waals surface area (Å²) >= 11 is 0. The number of pyridine rings is 1. The third kappa shape index (κ3) is 3.75. The Kier molecular flexibility index (Phi) is 4.47. The normalized spacial score (nSPS) is 10.4. The van der Waals surface area contributed by atoms with Crippen molar-refractivity contribution in [2.45, 2.75) is 19.8 Å². The van der Waals surface area contributed by atoms with E-state index in [1.165, 1.54) is 18.2 Å². The summed E-state index contributed by atoms with van der Waals surface area (Å²) in [6, 6.07) is 5.89. The lowest BCUT2D eigenvalue weighted by atomic mass is 10.1. The Hall–Kier alpha value is -2.50. The van der Waals surface area contributed by atoms with Crippen LogP contribution in [-0.4, -0.2) is 16.1 Å². The predicted octanol–water partition coefficient (Wildman–Crippen LogP) is 3.75. The molecular formula is C15H14F2N2O2. The van der Waals surface area contributed by atoms with Crippen LogP contribution in [0.15, 0.2) is 30.3 Å². The van der Waals surface area contributed by atoms with Gasteiger partial charge in [0.15, 0.2) is 0 Å². The molecule has 110 valence electrons. The van der Waals surface area contributed by atoms with Gasteiger partial charge in [0, 0.05) is 11.8 Å². The monoisotopic (exact) mass is 292 g/mol. The second-order valence-electron chi connectivity index (χ2n) is 4.54. The van der Waals surface area contributed by atoms with Crippen molar-refractivity contribution < 1.29 is 18.7 Å². The number of rotatable bonds is 5. The number of nitrogens with zero attached hydrogens (tertiary/aromatic N) is 1. The molecule has 0 aliphatic heterocycles. The molecule has 0 saturated carbocycles. The van der Waals surface area contributed by atoms with Gasteiger partial charge in [-0.1, -0.05) is 13.3 Å². The summed E-state index contributed by atoms with van der Waals surface area (Å²) in [5.74, 6) is -2.33. The second-order valence-corrected chi connectivity index (χ2v) is 4.54. The van der Waals surface area contributed by atoms with Gasteiger partial charge in [-0.2, -0.15) is 0 Å². The second kappa shape index (κ2) is 6.30. The lowest BCUT2D eigenvalue weighted by Gasteiger charge is -2.10. The smallest absolute Gasteiger partial charge is 0.335 e. The van der Waals surface area contributed by atoms with Crippen molar-refractivity contribution >= 4 is 17.5 Å². The Morgan fingerprint density at radius 2 is 2.05 bits per heavy atom. The summed E-state index contributed by atoms with van der Waals surface area (Å²) < 4.78 is 26.5. The summed E-state index contributed by atoms with van der Waals surface area (Å²) in [7, 11) is 0. The van der Waals surface area contributed by atoms with E-state index in [1.807, 2.05) is 6.92 Å². The van der Waals surface area contributed by atoms with E-state index < -0.39 is 17.6 Å². The van der Waals surface area contributed by atoms with Gasteiger partial charge in [0.05, 0.1) is 11.3 Å². The van der Waals surface area contributed by atoms with Crippen LogP contribution >= 0.6 is 0 Å². The van der Waals surface area contributed by atoms with E-state index >= 15 is 0 Å². The molecule has 21 heavy (non-hydrogen) atoms. The van der Waals surface area contributed by atoms with Crippen molar-refractivity contribution in [1.29, 1.82) is 0 Å². The van der Waals surface area contributed by atoms with Gasteiger partial charge in [-0.05, 0) is 30.7 Å². The topological polar surface area (TPSA) is 62.2 Å². The molecule has 2 rings (SSSR count). The number of hydrogen-bond acceptors (Lipinski definition) is 3. The van der Waals surface area contributed by atoms with E-state index in [1.54, 1.807) is 0 Å². The lowest BCUT2D eigenvalue weighted by Crippen LogP contribution is -2.04. The first kappa shape index (κ1) is 14.9. The molecule has 0 radical (unpaired) electrons. The van der Waals surface area contributed by atoms with E-state index in [9.17, 15) is 13.6 Å². The van der Waals surface area contributed by atoms with Crippen LogP contribution in [0, 0.1) is 11.6 Å². The Balaban J connectivity index is 2.36. The number of aromatic carboxylic acids is 1. The first-order valence-electron chi connectivity index (χ1n) is 6.46. The van der Waals surface area contributed by atoms with Crippen molar-refractivity contribution in [3.63, 3.8) is 0 Å². The molecule has 0 bridgehead atoms. The average molecular weight is 292 g/mol. The first-order valence-corrected chi connectivity index (χ1v) is 6.46. The zero-order valence-electron chi connectivity index (χ0n) is 11.4.